The zero-order chi connectivity index (χ0) is 19.6. The zero-order valence-corrected chi connectivity index (χ0v) is 17.1. The summed E-state index contributed by atoms with van der Waals surface area (Å²) in [6.45, 7) is 7.24. The van der Waals surface area contributed by atoms with E-state index in [1.807, 2.05) is 39.0 Å². The van der Waals surface area contributed by atoms with E-state index < -0.39 is 22.0 Å². The standard InChI is InChI=1S/C19H23ClN2O3S/c1-12-8-13(2)10-16(9-12)21-19(23)15(4)22(26(5,24)25)17-7-6-14(3)18(20)11-17/h6-11,15H,1-5H3,(H,21,23). The average Bonchev–Trinajstić information content (AvgIpc) is 2.48. The molecular weight excluding hydrogens is 372 g/mol. The summed E-state index contributed by atoms with van der Waals surface area (Å²) in [5.74, 6) is -0.419. The predicted molar refractivity (Wildman–Crippen MR) is 108 cm³/mol. The largest absolute Gasteiger partial charge is 0.324 e. The van der Waals surface area contributed by atoms with E-state index in [9.17, 15) is 13.2 Å². The SMILES string of the molecule is Cc1cc(C)cc(NC(=O)C(C)N(c2ccc(C)c(Cl)c2)S(C)(=O)=O)c1. The molecule has 1 atom stereocenters. The summed E-state index contributed by atoms with van der Waals surface area (Å²) in [5.41, 5.74) is 3.84. The van der Waals surface area contributed by atoms with Gasteiger partial charge in [-0.15, -0.1) is 0 Å². The van der Waals surface area contributed by atoms with Crippen LogP contribution >= 0.6 is 11.6 Å². The lowest BCUT2D eigenvalue weighted by atomic mass is 10.1. The third kappa shape index (κ3) is 4.77. The summed E-state index contributed by atoms with van der Waals surface area (Å²) in [5, 5.41) is 3.24. The van der Waals surface area contributed by atoms with Gasteiger partial charge in [-0.3, -0.25) is 9.10 Å². The van der Waals surface area contributed by atoms with E-state index in [-0.39, 0.29) is 0 Å². The molecule has 1 unspecified atom stereocenters. The van der Waals surface area contributed by atoms with Crippen molar-refractivity contribution >= 4 is 38.9 Å². The summed E-state index contributed by atoms with van der Waals surface area (Å²) in [4.78, 5) is 12.7. The molecule has 26 heavy (non-hydrogen) atoms. The first-order valence-electron chi connectivity index (χ1n) is 8.14. The number of anilines is 2. The maximum Gasteiger partial charge on any atom is 0.247 e. The number of nitrogens with one attached hydrogen (secondary N) is 1. The topological polar surface area (TPSA) is 66.5 Å². The van der Waals surface area contributed by atoms with Gasteiger partial charge in [0.2, 0.25) is 15.9 Å². The van der Waals surface area contributed by atoms with Crippen molar-refractivity contribution in [2.45, 2.75) is 33.7 Å². The van der Waals surface area contributed by atoms with Crippen LogP contribution in [0.4, 0.5) is 11.4 Å². The van der Waals surface area contributed by atoms with Gasteiger partial charge in [-0.2, -0.15) is 0 Å². The van der Waals surface area contributed by atoms with E-state index in [0.29, 0.717) is 16.4 Å². The number of amides is 1. The second kappa shape index (κ2) is 7.68. The van der Waals surface area contributed by atoms with Crippen molar-refractivity contribution in [2.24, 2.45) is 0 Å². The third-order valence-electron chi connectivity index (χ3n) is 3.99. The summed E-state index contributed by atoms with van der Waals surface area (Å²) < 4.78 is 25.8. The molecule has 0 aliphatic carbocycles. The Hall–Kier alpha value is -2.05. The molecule has 2 aromatic carbocycles. The molecular formula is C19H23ClN2O3S. The van der Waals surface area contributed by atoms with Gasteiger partial charge in [0.1, 0.15) is 6.04 Å². The fraction of sp³-hybridized carbons (Fsp3) is 0.316. The van der Waals surface area contributed by atoms with Gasteiger partial charge in [0.05, 0.1) is 11.9 Å². The van der Waals surface area contributed by atoms with Gasteiger partial charge in [0, 0.05) is 10.7 Å². The molecule has 0 saturated heterocycles. The molecule has 0 spiro atoms. The molecule has 0 bridgehead atoms. The lowest BCUT2D eigenvalue weighted by Gasteiger charge is -2.28. The summed E-state index contributed by atoms with van der Waals surface area (Å²) >= 11 is 6.13. The van der Waals surface area contributed by atoms with Crippen LogP contribution in [-0.2, 0) is 14.8 Å². The van der Waals surface area contributed by atoms with Gasteiger partial charge in [-0.1, -0.05) is 23.7 Å². The second-order valence-corrected chi connectivity index (χ2v) is 8.80. The Balaban J connectivity index is 2.35. The molecule has 2 aromatic rings. The lowest BCUT2D eigenvalue weighted by molar-refractivity contribution is -0.116. The van der Waals surface area contributed by atoms with Crippen LogP contribution in [0.5, 0.6) is 0 Å². The zero-order valence-electron chi connectivity index (χ0n) is 15.5. The Morgan fingerprint density at radius 2 is 1.65 bits per heavy atom. The number of halogens is 1. The number of nitrogens with zero attached hydrogens (tertiary/aromatic N) is 1. The highest BCUT2D eigenvalue weighted by Crippen LogP contribution is 2.27. The second-order valence-electron chi connectivity index (χ2n) is 6.53. The number of carbonyl (C=O) groups is 1. The van der Waals surface area contributed by atoms with Gasteiger partial charge in [0.25, 0.3) is 0 Å². The number of hydrogen-bond donors (Lipinski definition) is 1. The third-order valence-corrected chi connectivity index (χ3v) is 5.64. The molecule has 0 saturated carbocycles. The monoisotopic (exact) mass is 394 g/mol. The van der Waals surface area contributed by atoms with Crippen LogP contribution in [0.2, 0.25) is 5.02 Å². The minimum atomic E-state index is -3.69. The van der Waals surface area contributed by atoms with E-state index in [4.69, 9.17) is 11.6 Å². The highest BCUT2D eigenvalue weighted by Gasteiger charge is 2.29. The molecule has 0 aliphatic heterocycles. The molecule has 2 rings (SSSR count). The van der Waals surface area contributed by atoms with Crippen LogP contribution in [0, 0.1) is 20.8 Å². The van der Waals surface area contributed by atoms with Gasteiger partial charge in [-0.05, 0) is 68.7 Å². The predicted octanol–water partition coefficient (Wildman–Crippen LogP) is 4.06. The maximum absolute atomic E-state index is 12.7. The molecule has 7 heteroatoms. The first-order valence-corrected chi connectivity index (χ1v) is 10.4. The number of sulfonamides is 1. The molecule has 0 aromatic heterocycles. The fourth-order valence-electron chi connectivity index (χ4n) is 2.82. The van der Waals surface area contributed by atoms with Crippen molar-refractivity contribution in [1.29, 1.82) is 0 Å². The molecule has 0 heterocycles. The van der Waals surface area contributed by atoms with Gasteiger partial charge in [-0.25, -0.2) is 8.42 Å². The van der Waals surface area contributed by atoms with Crippen LogP contribution in [0.15, 0.2) is 36.4 Å². The molecule has 0 radical (unpaired) electrons. The number of aryl methyl sites for hydroxylation is 3. The maximum atomic E-state index is 12.7. The van der Waals surface area contributed by atoms with Gasteiger partial charge >= 0.3 is 0 Å². The number of benzene rings is 2. The van der Waals surface area contributed by atoms with Crippen molar-refractivity contribution < 1.29 is 13.2 Å². The van der Waals surface area contributed by atoms with E-state index in [1.54, 1.807) is 25.1 Å². The molecule has 1 N–H and O–H groups in total. The number of rotatable bonds is 5. The van der Waals surface area contributed by atoms with E-state index in [0.717, 1.165) is 27.3 Å². The highest BCUT2D eigenvalue weighted by molar-refractivity contribution is 7.92. The number of carbonyl (C=O) groups excluding carboxylic acids is 1. The fourth-order valence-corrected chi connectivity index (χ4v) is 4.16. The van der Waals surface area contributed by atoms with Crippen molar-refractivity contribution in [3.8, 4) is 0 Å². The smallest absolute Gasteiger partial charge is 0.247 e. The van der Waals surface area contributed by atoms with Gasteiger partial charge < -0.3 is 5.32 Å². The van der Waals surface area contributed by atoms with E-state index in [2.05, 4.69) is 5.32 Å². The molecule has 140 valence electrons. The Labute approximate surface area is 160 Å². The van der Waals surface area contributed by atoms with Crippen molar-refractivity contribution in [3.63, 3.8) is 0 Å². The van der Waals surface area contributed by atoms with Crippen molar-refractivity contribution in [3.05, 3.63) is 58.1 Å². The van der Waals surface area contributed by atoms with Crippen LogP contribution in [0.25, 0.3) is 0 Å². The molecule has 1 amide bonds. The molecule has 5 nitrogen and oxygen atoms in total. The Kier molecular flexibility index (Phi) is 5.98. The Morgan fingerprint density at radius 3 is 2.15 bits per heavy atom. The van der Waals surface area contributed by atoms with Crippen LogP contribution in [-0.4, -0.2) is 26.6 Å². The van der Waals surface area contributed by atoms with Crippen LogP contribution < -0.4 is 9.62 Å². The molecule has 0 aliphatic rings. The summed E-state index contributed by atoms with van der Waals surface area (Å²) in [7, 11) is -3.69. The average molecular weight is 395 g/mol. The van der Waals surface area contributed by atoms with Crippen LogP contribution in [0.1, 0.15) is 23.6 Å². The van der Waals surface area contributed by atoms with E-state index >= 15 is 0 Å². The molecule has 0 fully saturated rings. The summed E-state index contributed by atoms with van der Waals surface area (Å²) in [6.07, 6.45) is 1.07. The minimum Gasteiger partial charge on any atom is -0.324 e. The first-order chi connectivity index (χ1) is 12.0. The Morgan fingerprint density at radius 1 is 1.08 bits per heavy atom. The van der Waals surface area contributed by atoms with Crippen molar-refractivity contribution in [2.75, 3.05) is 15.9 Å². The number of hydrogen-bond acceptors (Lipinski definition) is 3. The highest BCUT2D eigenvalue weighted by atomic mass is 35.5. The normalized spacial score (nSPS) is 12.5. The van der Waals surface area contributed by atoms with Crippen LogP contribution in [0.3, 0.4) is 0 Å². The van der Waals surface area contributed by atoms with Gasteiger partial charge in [0.15, 0.2) is 0 Å². The quantitative estimate of drug-likeness (QED) is 0.831. The first kappa shape index (κ1) is 20.3. The Bertz CT molecular complexity index is 922. The summed E-state index contributed by atoms with van der Waals surface area (Å²) in [6, 6.07) is 9.66. The van der Waals surface area contributed by atoms with E-state index in [1.165, 1.54) is 0 Å². The minimum absolute atomic E-state index is 0.353. The van der Waals surface area contributed by atoms with Crippen molar-refractivity contribution in [1.82, 2.24) is 0 Å². The lowest BCUT2D eigenvalue weighted by Crippen LogP contribution is -2.45.